The van der Waals surface area contributed by atoms with Gasteiger partial charge in [0.2, 0.25) is 0 Å². The number of anilines is 3. The molecule has 0 bridgehead atoms. The molecule has 45 heavy (non-hydrogen) atoms. The van der Waals surface area contributed by atoms with E-state index in [1.165, 1.54) is 58.7 Å². The lowest BCUT2D eigenvalue weighted by Crippen LogP contribution is -2.77. The van der Waals surface area contributed by atoms with E-state index in [0.717, 1.165) is 10.5 Å². The van der Waals surface area contributed by atoms with Crippen LogP contribution >= 0.6 is 11.3 Å². The number of pyridine rings is 1. The number of aromatic nitrogens is 1. The number of hydrogen-bond acceptors (Lipinski definition) is 3. The van der Waals surface area contributed by atoms with Gasteiger partial charge in [0.25, 0.3) is 0 Å². The largest absolute Gasteiger partial charge is 0.311 e. The Morgan fingerprint density at radius 2 is 1.11 bits per heavy atom. The predicted molar refractivity (Wildman–Crippen MR) is 194 cm³/mol. The van der Waals surface area contributed by atoms with Crippen molar-refractivity contribution in [1.82, 2.24) is 4.98 Å². The second-order valence-corrected chi connectivity index (χ2v) is 16.3. The third kappa shape index (κ3) is 3.90. The van der Waals surface area contributed by atoms with Gasteiger partial charge in [-0.1, -0.05) is 127 Å². The molecule has 0 fully saturated rings. The Morgan fingerprint density at radius 1 is 0.511 bits per heavy atom. The van der Waals surface area contributed by atoms with Crippen LogP contribution in [0.25, 0.3) is 31.4 Å². The Labute approximate surface area is 267 Å². The Bertz CT molecular complexity index is 2260. The van der Waals surface area contributed by atoms with Gasteiger partial charge in [-0.05, 0) is 68.3 Å². The third-order valence-corrected chi connectivity index (χ3v) is 15.2. The van der Waals surface area contributed by atoms with E-state index in [-0.39, 0.29) is 0 Å². The van der Waals surface area contributed by atoms with Crippen molar-refractivity contribution in [3.63, 3.8) is 0 Å². The van der Waals surface area contributed by atoms with E-state index < -0.39 is 8.07 Å². The fourth-order valence-corrected chi connectivity index (χ4v) is 13.6. The van der Waals surface area contributed by atoms with Crippen molar-refractivity contribution in [2.45, 2.75) is 0 Å². The molecule has 1 aliphatic heterocycles. The minimum atomic E-state index is -2.63. The average molecular weight is 609 g/mol. The molecule has 0 saturated heterocycles. The van der Waals surface area contributed by atoms with Gasteiger partial charge in [0, 0.05) is 38.7 Å². The van der Waals surface area contributed by atoms with E-state index >= 15 is 0 Å². The maximum atomic E-state index is 4.67. The summed E-state index contributed by atoms with van der Waals surface area (Å²) in [5.41, 5.74) is 6.11. The molecule has 0 amide bonds. The quantitative estimate of drug-likeness (QED) is 0.187. The van der Waals surface area contributed by atoms with Crippen LogP contribution in [0, 0.1) is 0 Å². The van der Waals surface area contributed by atoms with Crippen molar-refractivity contribution in [2.24, 2.45) is 0 Å². The smallest absolute Gasteiger partial charge is 0.184 e. The highest BCUT2D eigenvalue weighted by Crippen LogP contribution is 2.42. The molecule has 3 heterocycles. The highest BCUT2D eigenvalue weighted by atomic mass is 32.1. The fraction of sp³-hybridized carbons (Fsp3) is 0. The van der Waals surface area contributed by atoms with Crippen LogP contribution in [0.1, 0.15) is 0 Å². The first-order valence-electron chi connectivity index (χ1n) is 15.3. The zero-order valence-electron chi connectivity index (χ0n) is 24.5. The van der Waals surface area contributed by atoms with Crippen LogP contribution < -0.4 is 25.6 Å². The first-order chi connectivity index (χ1) is 22.3. The maximum Gasteiger partial charge on any atom is 0.184 e. The molecule has 2 nitrogen and oxygen atoms in total. The first-order valence-corrected chi connectivity index (χ1v) is 18.1. The second kappa shape index (κ2) is 10.4. The topological polar surface area (TPSA) is 16.1 Å². The molecule has 0 saturated carbocycles. The molecule has 9 rings (SSSR count). The molecule has 0 aliphatic carbocycles. The Balaban J connectivity index is 1.30. The zero-order chi connectivity index (χ0) is 29.8. The monoisotopic (exact) mass is 608 g/mol. The number of fused-ring (bicyclic) bond motifs is 5. The van der Waals surface area contributed by atoms with Gasteiger partial charge in [-0.2, -0.15) is 0 Å². The van der Waals surface area contributed by atoms with E-state index in [0.29, 0.717) is 0 Å². The van der Waals surface area contributed by atoms with Gasteiger partial charge >= 0.3 is 0 Å². The van der Waals surface area contributed by atoms with Crippen LogP contribution in [0.4, 0.5) is 17.1 Å². The summed E-state index contributed by atoms with van der Waals surface area (Å²) >= 11 is 1.78. The molecule has 0 unspecified atom stereocenters. The normalized spacial score (nSPS) is 13.5. The predicted octanol–water partition coefficient (Wildman–Crippen LogP) is 8.28. The standard InChI is InChI=1S/C41H28N2SSi/c1-3-16-31(17-4-1)45(32-18-5-2-6-19-32)38-25-9-7-23-36(38)43(37-24-8-10-26-39(37)45)30-15-11-14-29(28-30)33-20-12-21-34-35-22-13-27-42-41(35)44-40(33)34/h1-28H. The van der Waals surface area contributed by atoms with Gasteiger partial charge in [-0.25, -0.2) is 4.98 Å². The molecule has 212 valence electrons. The molecular formula is C41H28N2SSi. The second-order valence-electron chi connectivity index (χ2n) is 11.5. The first kappa shape index (κ1) is 26.1. The summed E-state index contributed by atoms with van der Waals surface area (Å²) in [4.78, 5) is 8.24. The third-order valence-electron chi connectivity index (χ3n) is 9.20. The average Bonchev–Trinajstić information content (AvgIpc) is 3.50. The summed E-state index contributed by atoms with van der Waals surface area (Å²) in [5.74, 6) is 0. The van der Waals surface area contributed by atoms with Crippen LogP contribution in [0.15, 0.2) is 170 Å². The molecule has 4 heteroatoms. The van der Waals surface area contributed by atoms with Gasteiger partial charge in [-0.15, -0.1) is 11.3 Å². The Morgan fingerprint density at radius 3 is 1.80 bits per heavy atom. The number of rotatable bonds is 4. The Hall–Kier alpha value is -5.29. The van der Waals surface area contributed by atoms with E-state index in [9.17, 15) is 0 Å². The molecule has 0 radical (unpaired) electrons. The van der Waals surface area contributed by atoms with E-state index in [4.69, 9.17) is 0 Å². The zero-order valence-corrected chi connectivity index (χ0v) is 26.3. The number of para-hydroxylation sites is 2. The molecule has 1 aliphatic rings. The van der Waals surface area contributed by atoms with Crippen molar-refractivity contribution in [3.05, 3.63) is 170 Å². The van der Waals surface area contributed by atoms with Gasteiger partial charge in [0.05, 0.1) is 0 Å². The summed E-state index contributed by atoms with van der Waals surface area (Å²) in [7, 11) is -2.63. The van der Waals surface area contributed by atoms with Crippen LogP contribution in [0.2, 0.25) is 0 Å². The van der Waals surface area contributed by atoms with E-state index in [1.807, 2.05) is 12.3 Å². The number of hydrogen-bond donors (Lipinski definition) is 0. The fourth-order valence-electron chi connectivity index (χ4n) is 7.36. The lowest BCUT2D eigenvalue weighted by atomic mass is 10.0. The van der Waals surface area contributed by atoms with Crippen LogP contribution in [0.3, 0.4) is 0 Å². The highest BCUT2D eigenvalue weighted by Gasteiger charge is 2.48. The van der Waals surface area contributed by atoms with Gasteiger partial charge in [0.1, 0.15) is 4.83 Å². The number of nitrogens with zero attached hydrogens (tertiary/aromatic N) is 2. The summed E-state index contributed by atoms with van der Waals surface area (Å²) < 4.78 is 1.28. The van der Waals surface area contributed by atoms with E-state index in [1.54, 1.807) is 11.3 Å². The van der Waals surface area contributed by atoms with E-state index in [2.05, 4.69) is 168 Å². The molecule has 0 N–H and O–H groups in total. The minimum absolute atomic E-state index is 1.08. The van der Waals surface area contributed by atoms with Crippen molar-refractivity contribution < 1.29 is 0 Å². The van der Waals surface area contributed by atoms with Crippen molar-refractivity contribution in [2.75, 3.05) is 4.90 Å². The molecule has 6 aromatic carbocycles. The van der Waals surface area contributed by atoms with Crippen LogP contribution in [0.5, 0.6) is 0 Å². The lowest BCUT2D eigenvalue weighted by molar-refractivity contribution is 1.29. The minimum Gasteiger partial charge on any atom is -0.311 e. The summed E-state index contributed by atoms with van der Waals surface area (Å²) in [6, 6.07) is 60.4. The summed E-state index contributed by atoms with van der Waals surface area (Å²) in [5, 5.41) is 8.09. The van der Waals surface area contributed by atoms with Crippen LogP contribution in [-0.4, -0.2) is 13.1 Å². The number of benzene rings is 6. The van der Waals surface area contributed by atoms with Crippen molar-refractivity contribution in [1.29, 1.82) is 0 Å². The molecule has 2 aromatic heterocycles. The van der Waals surface area contributed by atoms with Crippen molar-refractivity contribution in [3.8, 4) is 11.1 Å². The van der Waals surface area contributed by atoms with Gasteiger partial charge < -0.3 is 4.90 Å². The van der Waals surface area contributed by atoms with Crippen molar-refractivity contribution >= 4 is 77.5 Å². The molecule has 8 aromatic rings. The lowest BCUT2D eigenvalue weighted by Gasteiger charge is -2.45. The molecular weight excluding hydrogens is 581 g/mol. The van der Waals surface area contributed by atoms with Gasteiger partial charge in [-0.3, -0.25) is 0 Å². The number of thiophene rings is 1. The maximum absolute atomic E-state index is 4.67. The summed E-state index contributed by atoms with van der Waals surface area (Å²) in [6.45, 7) is 0. The molecule has 0 atom stereocenters. The molecule has 0 spiro atoms. The Kier molecular flexibility index (Phi) is 6.05. The van der Waals surface area contributed by atoms with Crippen LogP contribution in [-0.2, 0) is 0 Å². The highest BCUT2D eigenvalue weighted by molar-refractivity contribution is 7.26. The SMILES string of the molecule is c1ccc([Si]2(c3ccccc3)c3ccccc3N(c3cccc(-c4cccc5c4sc4ncccc45)c3)c3ccccc32)cc1. The van der Waals surface area contributed by atoms with Gasteiger partial charge in [0.15, 0.2) is 8.07 Å². The summed E-state index contributed by atoms with van der Waals surface area (Å²) in [6.07, 6.45) is 1.89.